The van der Waals surface area contributed by atoms with Crippen molar-refractivity contribution in [3.05, 3.63) is 70.0 Å². The van der Waals surface area contributed by atoms with Crippen molar-refractivity contribution < 1.29 is 9.53 Å². The molecule has 1 unspecified atom stereocenters. The van der Waals surface area contributed by atoms with Gasteiger partial charge in [0.05, 0.1) is 10.3 Å². The molecule has 0 fully saturated rings. The summed E-state index contributed by atoms with van der Waals surface area (Å²) in [6.45, 7) is 2.42. The van der Waals surface area contributed by atoms with Gasteiger partial charge in [-0.2, -0.15) is 0 Å². The largest absolute Gasteiger partial charge is 0.484 e. The second-order valence-electron chi connectivity index (χ2n) is 6.25. The number of ether oxygens (including phenoxy) is 1. The molecule has 0 aliphatic rings. The number of nitrogens with one attached hydrogen (secondary N) is 1. The van der Waals surface area contributed by atoms with Gasteiger partial charge in [-0.15, -0.1) is 10.2 Å². The Kier molecular flexibility index (Phi) is 7.41. The third-order valence-electron chi connectivity index (χ3n) is 4.18. The van der Waals surface area contributed by atoms with Gasteiger partial charge in [-0.1, -0.05) is 65.3 Å². The Morgan fingerprint density at radius 1 is 1.14 bits per heavy atom. The molecule has 1 amide bonds. The smallest absolute Gasteiger partial charge is 0.233 e. The van der Waals surface area contributed by atoms with Crippen LogP contribution in [0.2, 0.25) is 10.0 Å². The highest BCUT2D eigenvalue weighted by atomic mass is 35.5. The van der Waals surface area contributed by atoms with Crippen LogP contribution in [-0.2, 0) is 25.0 Å². The van der Waals surface area contributed by atoms with Crippen molar-refractivity contribution in [2.24, 2.45) is 7.05 Å². The van der Waals surface area contributed by atoms with Crippen molar-refractivity contribution in [1.82, 2.24) is 20.1 Å². The van der Waals surface area contributed by atoms with Crippen LogP contribution in [0.1, 0.15) is 18.3 Å². The van der Waals surface area contributed by atoms with Gasteiger partial charge in [0.15, 0.2) is 11.0 Å². The van der Waals surface area contributed by atoms with E-state index in [0.29, 0.717) is 33.3 Å². The predicted octanol–water partition coefficient (Wildman–Crippen LogP) is 4.50. The molecular weight excluding hydrogens is 431 g/mol. The summed E-state index contributed by atoms with van der Waals surface area (Å²) in [4.78, 5) is 12.4. The van der Waals surface area contributed by atoms with E-state index in [1.807, 2.05) is 44.3 Å². The molecule has 9 heteroatoms. The lowest BCUT2D eigenvalue weighted by Gasteiger charge is -2.12. The molecule has 0 spiro atoms. The first-order valence-corrected chi connectivity index (χ1v) is 10.5. The van der Waals surface area contributed by atoms with E-state index in [4.69, 9.17) is 27.9 Å². The van der Waals surface area contributed by atoms with Crippen LogP contribution in [0.3, 0.4) is 0 Å². The third kappa shape index (κ3) is 5.65. The van der Waals surface area contributed by atoms with Crippen LogP contribution in [0.25, 0.3) is 0 Å². The van der Waals surface area contributed by atoms with E-state index in [-0.39, 0.29) is 17.8 Å². The van der Waals surface area contributed by atoms with Crippen molar-refractivity contribution in [2.75, 3.05) is 0 Å². The van der Waals surface area contributed by atoms with E-state index in [1.54, 1.807) is 22.8 Å². The van der Waals surface area contributed by atoms with Gasteiger partial charge in [0, 0.05) is 18.6 Å². The summed E-state index contributed by atoms with van der Waals surface area (Å²) < 4.78 is 7.52. The molecule has 1 atom stereocenters. The number of aromatic nitrogens is 3. The topological polar surface area (TPSA) is 69.0 Å². The summed E-state index contributed by atoms with van der Waals surface area (Å²) in [5.41, 5.74) is 0.873. The van der Waals surface area contributed by atoms with Crippen LogP contribution >= 0.6 is 35.0 Å². The maximum atomic E-state index is 12.4. The highest BCUT2D eigenvalue weighted by Crippen LogP contribution is 2.25. The molecule has 3 rings (SSSR count). The van der Waals surface area contributed by atoms with Gasteiger partial charge in [-0.25, -0.2) is 0 Å². The molecule has 0 radical (unpaired) electrons. The van der Waals surface area contributed by atoms with Crippen molar-refractivity contribution in [2.45, 2.75) is 30.5 Å². The number of nitrogens with zero attached hydrogens (tertiary/aromatic N) is 3. The average Bonchev–Trinajstić information content (AvgIpc) is 3.06. The number of benzene rings is 2. The molecule has 1 heterocycles. The Morgan fingerprint density at radius 3 is 2.55 bits per heavy atom. The monoisotopic (exact) mass is 450 g/mol. The first-order chi connectivity index (χ1) is 14.0. The number of halogens is 2. The van der Waals surface area contributed by atoms with Crippen LogP contribution in [0.4, 0.5) is 0 Å². The van der Waals surface area contributed by atoms with Crippen molar-refractivity contribution in [1.29, 1.82) is 0 Å². The van der Waals surface area contributed by atoms with E-state index in [0.717, 1.165) is 5.56 Å². The third-order valence-corrected chi connectivity index (χ3v) is 6.00. The van der Waals surface area contributed by atoms with Gasteiger partial charge >= 0.3 is 0 Å². The molecule has 1 N–H and O–H groups in total. The molecule has 2 aromatic carbocycles. The Bertz CT molecular complexity index is 996. The van der Waals surface area contributed by atoms with E-state index >= 15 is 0 Å². The van der Waals surface area contributed by atoms with E-state index in [2.05, 4.69) is 15.5 Å². The minimum atomic E-state index is -0.349. The van der Waals surface area contributed by atoms with Crippen LogP contribution in [0.15, 0.2) is 53.7 Å². The SMILES string of the molecule is CC(Sc1nnc(COc2ccccc2Cl)n1C)C(=O)NCc1ccccc1Cl. The molecule has 3 aromatic rings. The van der Waals surface area contributed by atoms with Crippen LogP contribution in [-0.4, -0.2) is 25.9 Å². The van der Waals surface area contributed by atoms with Crippen molar-refractivity contribution >= 4 is 40.9 Å². The summed E-state index contributed by atoms with van der Waals surface area (Å²) in [6.07, 6.45) is 0. The zero-order valence-corrected chi connectivity index (χ0v) is 18.3. The number of thioether (sulfide) groups is 1. The molecule has 1 aromatic heterocycles. The zero-order valence-electron chi connectivity index (χ0n) is 15.9. The van der Waals surface area contributed by atoms with Gasteiger partial charge < -0.3 is 14.6 Å². The number of amides is 1. The standard InChI is InChI=1S/C20H20Cl2N4O2S/c1-13(19(27)23-11-14-7-3-4-8-15(14)21)29-20-25-24-18(26(20)2)12-28-17-10-6-5-9-16(17)22/h3-10,13H,11-12H2,1-2H3,(H,23,27). The lowest BCUT2D eigenvalue weighted by atomic mass is 10.2. The Labute approximate surface area is 183 Å². The van der Waals surface area contributed by atoms with Crippen molar-refractivity contribution in [3.8, 4) is 5.75 Å². The fourth-order valence-electron chi connectivity index (χ4n) is 2.46. The summed E-state index contributed by atoms with van der Waals surface area (Å²) in [5, 5.41) is 12.7. The minimum absolute atomic E-state index is 0.105. The van der Waals surface area contributed by atoms with Gasteiger partial charge in [-0.05, 0) is 30.7 Å². The van der Waals surface area contributed by atoms with Gasteiger partial charge in [-0.3, -0.25) is 4.79 Å². The highest BCUT2D eigenvalue weighted by molar-refractivity contribution is 8.00. The zero-order chi connectivity index (χ0) is 20.8. The van der Waals surface area contributed by atoms with Crippen molar-refractivity contribution in [3.63, 3.8) is 0 Å². The van der Waals surface area contributed by atoms with Gasteiger partial charge in [0.2, 0.25) is 5.91 Å². The maximum Gasteiger partial charge on any atom is 0.233 e. The Morgan fingerprint density at radius 2 is 1.83 bits per heavy atom. The fraction of sp³-hybridized carbons (Fsp3) is 0.250. The van der Waals surface area contributed by atoms with Gasteiger partial charge in [0.25, 0.3) is 0 Å². The number of hydrogen-bond donors (Lipinski definition) is 1. The highest BCUT2D eigenvalue weighted by Gasteiger charge is 2.19. The number of para-hydroxylation sites is 1. The second kappa shape index (κ2) is 10.0. The molecule has 6 nitrogen and oxygen atoms in total. The normalized spacial score (nSPS) is 11.9. The van der Waals surface area contributed by atoms with Crippen LogP contribution in [0.5, 0.6) is 5.75 Å². The van der Waals surface area contributed by atoms with Crippen LogP contribution < -0.4 is 10.1 Å². The average molecular weight is 451 g/mol. The summed E-state index contributed by atoms with van der Waals surface area (Å²) in [7, 11) is 1.84. The molecule has 0 saturated carbocycles. The second-order valence-corrected chi connectivity index (χ2v) is 8.37. The van der Waals surface area contributed by atoms with E-state index in [9.17, 15) is 4.79 Å². The summed E-state index contributed by atoms with van der Waals surface area (Å²) in [5.74, 6) is 1.11. The van der Waals surface area contributed by atoms with E-state index < -0.39 is 0 Å². The fourth-order valence-corrected chi connectivity index (χ4v) is 3.71. The molecule has 29 heavy (non-hydrogen) atoms. The Hall–Kier alpha value is -2.22. The molecule has 152 valence electrons. The molecule has 0 bridgehead atoms. The van der Waals surface area contributed by atoms with E-state index in [1.165, 1.54) is 11.8 Å². The molecular formula is C20H20Cl2N4O2S. The lowest BCUT2D eigenvalue weighted by Crippen LogP contribution is -2.30. The van der Waals surface area contributed by atoms with Gasteiger partial charge in [0.1, 0.15) is 12.4 Å². The molecule has 0 aliphatic carbocycles. The molecule has 0 saturated heterocycles. The quantitative estimate of drug-likeness (QED) is 0.511. The van der Waals surface area contributed by atoms with Crippen LogP contribution in [0, 0.1) is 0 Å². The number of hydrogen-bond acceptors (Lipinski definition) is 5. The number of carbonyl (C=O) groups is 1. The Balaban J connectivity index is 1.55. The number of carbonyl (C=O) groups excluding carboxylic acids is 1. The minimum Gasteiger partial charge on any atom is -0.484 e. The predicted molar refractivity (Wildman–Crippen MR) is 115 cm³/mol. The number of rotatable bonds is 8. The lowest BCUT2D eigenvalue weighted by molar-refractivity contribution is -0.120. The summed E-state index contributed by atoms with van der Waals surface area (Å²) >= 11 is 13.6. The molecule has 0 aliphatic heterocycles. The first-order valence-electron chi connectivity index (χ1n) is 8.89. The first kappa shape index (κ1) is 21.5. The summed E-state index contributed by atoms with van der Waals surface area (Å²) in [6, 6.07) is 14.7. The maximum absolute atomic E-state index is 12.4.